The maximum Gasteiger partial charge on any atom is 0.411 e. The van der Waals surface area contributed by atoms with Crippen molar-refractivity contribution in [3.8, 4) is 5.75 Å². The van der Waals surface area contributed by atoms with Gasteiger partial charge in [-0.3, -0.25) is 4.79 Å². The molecular weight excluding hydrogens is 289 g/mol. The number of anilines is 1. The Hall–Kier alpha value is -1.80. The number of halogens is 3. The summed E-state index contributed by atoms with van der Waals surface area (Å²) in [5.41, 5.74) is 0.607. The van der Waals surface area contributed by atoms with Crippen LogP contribution in [0.25, 0.3) is 0 Å². The second-order valence-electron chi connectivity index (χ2n) is 4.12. The summed E-state index contributed by atoms with van der Waals surface area (Å²) >= 11 is 0. The number of rotatable bonds is 8. The molecule has 0 aliphatic heterocycles. The molecule has 0 bridgehead atoms. The third-order valence-corrected chi connectivity index (χ3v) is 2.35. The van der Waals surface area contributed by atoms with Gasteiger partial charge in [-0.1, -0.05) is 0 Å². The van der Waals surface area contributed by atoms with E-state index in [1.807, 2.05) is 0 Å². The lowest BCUT2D eigenvalue weighted by Crippen LogP contribution is -2.31. The number of hydrogen-bond acceptors (Lipinski definition) is 4. The van der Waals surface area contributed by atoms with Crippen molar-refractivity contribution in [3.05, 3.63) is 24.3 Å². The minimum absolute atomic E-state index is 0.0125. The molecule has 1 aromatic rings. The Kier molecular flexibility index (Phi) is 6.97. The van der Waals surface area contributed by atoms with Crippen LogP contribution in [-0.4, -0.2) is 45.5 Å². The van der Waals surface area contributed by atoms with Crippen molar-refractivity contribution in [1.29, 1.82) is 0 Å². The topological polar surface area (TPSA) is 59.6 Å². The van der Waals surface area contributed by atoms with E-state index in [0.29, 0.717) is 11.4 Å². The number of amides is 1. The van der Waals surface area contributed by atoms with E-state index in [1.165, 1.54) is 0 Å². The van der Waals surface area contributed by atoms with Crippen LogP contribution in [0.15, 0.2) is 24.3 Å². The molecule has 0 aliphatic rings. The molecule has 0 saturated carbocycles. The number of carbonyl (C=O) groups is 1. The lowest BCUT2D eigenvalue weighted by Gasteiger charge is -2.09. The fraction of sp³-hybridized carbons (Fsp3) is 0.462. The van der Waals surface area contributed by atoms with Gasteiger partial charge in [0, 0.05) is 12.2 Å². The van der Waals surface area contributed by atoms with Gasteiger partial charge in [0.2, 0.25) is 5.91 Å². The number of ether oxygens (including phenoxy) is 2. The van der Waals surface area contributed by atoms with Gasteiger partial charge in [-0.25, -0.2) is 0 Å². The molecule has 2 N–H and O–H groups in total. The van der Waals surface area contributed by atoms with Crippen molar-refractivity contribution in [2.45, 2.75) is 6.18 Å². The maximum absolute atomic E-state index is 11.8. The lowest BCUT2D eigenvalue weighted by atomic mass is 10.3. The normalized spacial score (nSPS) is 11.2. The first kappa shape index (κ1) is 17.3. The van der Waals surface area contributed by atoms with E-state index in [1.54, 1.807) is 31.4 Å². The van der Waals surface area contributed by atoms with E-state index in [2.05, 4.69) is 15.4 Å². The number of alkyl halides is 3. The molecule has 0 fully saturated rings. The van der Waals surface area contributed by atoms with Crippen LogP contribution < -0.4 is 15.4 Å². The van der Waals surface area contributed by atoms with Crippen molar-refractivity contribution in [2.75, 3.05) is 38.7 Å². The monoisotopic (exact) mass is 306 g/mol. The predicted octanol–water partition coefficient (Wildman–Crippen LogP) is 1.80. The van der Waals surface area contributed by atoms with Crippen LogP contribution in [-0.2, 0) is 9.53 Å². The van der Waals surface area contributed by atoms with Gasteiger partial charge < -0.3 is 20.1 Å². The third kappa shape index (κ3) is 8.16. The molecule has 0 aliphatic carbocycles. The van der Waals surface area contributed by atoms with Crippen LogP contribution in [0.3, 0.4) is 0 Å². The summed E-state index contributed by atoms with van der Waals surface area (Å²) in [5, 5.41) is 5.32. The van der Waals surface area contributed by atoms with Crippen LogP contribution in [0, 0.1) is 0 Å². The van der Waals surface area contributed by atoms with Gasteiger partial charge in [-0.05, 0) is 24.3 Å². The fourth-order valence-corrected chi connectivity index (χ4v) is 1.41. The summed E-state index contributed by atoms with van der Waals surface area (Å²) in [6.45, 7) is -1.25. The quantitative estimate of drug-likeness (QED) is 0.719. The summed E-state index contributed by atoms with van der Waals surface area (Å²) in [5.74, 6) is 0.379. The average molecular weight is 306 g/mol. The maximum atomic E-state index is 11.8. The second kappa shape index (κ2) is 8.48. The summed E-state index contributed by atoms with van der Waals surface area (Å²) in [6, 6.07) is 6.77. The third-order valence-electron chi connectivity index (χ3n) is 2.35. The first-order chi connectivity index (χ1) is 9.90. The molecule has 0 heterocycles. The molecule has 118 valence electrons. The molecule has 1 amide bonds. The summed E-state index contributed by atoms with van der Waals surface area (Å²) in [4.78, 5) is 11.5. The fourth-order valence-electron chi connectivity index (χ4n) is 1.41. The number of benzene rings is 1. The molecule has 0 spiro atoms. The van der Waals surface area contributed by atoms with Gasteiger partial charge >= 0.3 is 6.18 Å². The molecule has 8 heteroatoms. The highest BCUT2D eigenvalue weighted by Gasteiger charge is 2.27. The van der Waals surface area contributed by atoms with Gasteiger partial charge in [-0.2, -0.15) is 13.2 Å². The van der Waals surface area contributed by atoms with E-state index < -0.39 is 12.8 Å². The van der Waals surface area contributed by atoms with Crippen molar-refractivity contribution in [3.63, 3.8) is 0 Å². The molecule has 0 aromatic heterocycles. The van der Waals surface area contributed by atoms with Gasteiger partial charge in [0.1, 0.15) is 12.4 Å². The minimum atomic E-state index is -4.33. The standard InChI is InChI=1S/C13H17F3N2O3/c1-20-11-4-2-10(3-5-11)18-12(19)8-17-6-7-21-9-13(14,15)16/h2-5,17H,6-9H2,1H3,(H,18,19). The van der Waals surface area contributed by atoms with E-state index >= 15 is 0 Å². The second-order valence-corrected chi connectivity index (χ2v) is 4.12. The highest BCUT2D eigenvalue weighted by Crippen LogP contribution is 2.15. The van der Waals surface area contributed by atoms with Gasteiger partial charge in [0.25, 0.3) is 0 Å². The van der Waals surface area contributed by atoms with Gasteiger partial charge in [0.15, 0.2) is 0 Å². The van der Waals surface area contributed by atoms with Gasteiger partial charge in [-0.15, -0.1) is 0 Å². The molecule has 0 unspecified atom stereocenters. The summed E-state index contributed by atoms with van der Waals surface area (Å²) in [7, 11) is 1.54. The summed E-state index contributed by atoms with van der Waals surface area (Å²) in [6.07, 6.45) is -4.33. The highest BCUT2D eigenvalue weighted by molar-refractivity contribution is 5.92. The molecular formula is C13H17F3N2O3. The van der Waals surface area contributed by atoms with Crippen molar-refractivity contribution in [2.24, 2.45) is 0 Å². The summed E-state index contributed by atoms with van der Waals surface area (Å²) < 4.78 is 44.7. The first-order valence-corrected chi connectivity index (χ1v) is 6.20. The highest BCUT2D eigenvalue weighted by atomic mass is 19.4. The molecule has 1 rings (SSSR count). The molecule has 5 nitrogen and oxygen atoms in total. The zero-order valence-corrected chi connectivity index (χ0v) is 11.5. The van der Waals surface area contributed by atoms with Crippen molar-refractivity contribution in [1.82, 2.24) is 5.32 Å². The van der Waals surface area contributed by atoms with Crippen LogP contribution in [0.4, 0.5) is 18.9 Å². The molecule has 0 saturated heterocycles. The van der Waals surface area contributed by atoms with Crippen molar-refractivity contribution < 1.29 is 27.4 Å². The number of carbonyl (C=O) groups excluding carboxylic acids is 1. The Morgan fingerprint density at radius 1 is 1.24 bits per heavy atom. The van der Waals surface area contributed by atoms with Crippen molar-refractivity contribution >= 4 is 11.6 Å². The molecule has 1 aromatic carbocycles. The Labute approximate surface area is 120 Å². The van der Waals surface area contributed by atoms with Crippen LogP contribution in [0.5, 0.6) is 5.75 Å². The Morgan fingerprint density at radius 3 is 2.48 bits per heavy atom. The molecule has 0 radical (unpaired) electrons. The number of hydrogen-bond donors (Lipinski definition) is 2. The van der Waals surface area contributed by atoms with E-state index in [9.17, 15) is 18.0 Å². The Balaban J connectivity index is 2.13. The van der Waals surface area contributed by atoms with Crippen LogP contribution in [0.2, 0.25) is 0 Å². The van der Waals surface area contributed by atoms with E-state index in [4.69, 9.17) is 4.74 Å². The SMILES string of the molecule is COc1ccc(NC(=O)CNCCOCC(F)(F)F)cc1. The predicted molar refractivity (Wildman–Crippen MR) is 71.4 cm³/mol. The smallest absolute Gasteiger partial charge is 0.411 e. The lowest BCUT2D eigenvalue weighted by molar-refractivity contribution is -0.173. The Bertz CT molecular complexity index is 435. The largest absolute Gasteiger partial charge is 0.497 e. The first-order valence-electron chi connectivity index (χ1n) is 6.20. The average Bonchev–Trinajstić information content (AvgIpc) is 2.42. The molecule has 21 heavy (non-hydrogen) atoms. The number of methoxy groups -OCH3 is 1. The van der Waals surface area contributed by atoms with E-state index in [-0.39, 0.29) is 25.6 Å². The zero-order valence-electron chi connectivity index (χ0n) is 11.5. The zero-order chi connectivity index (χ0) is 15.7. The van der Waals surface area contributed by atoms with Gasteiger partial charge in [0.05, 0.1) is 20.3 Å². The molecule has 0 atom stereocenters. The number of nitrogens with one attached hydrogen (secondary N) is 2. The van der Waals surface area contributed by atoms with Crippen LogP contribution >= 0.6 is 0 Å². The minimum Gasteiger partial charge on any atom is -0.497 e. The van der Waals surface area contributed by atoms with Crippen LogP contribution in [0.1, 0.15) is 0 Å². The Morgan fingerprint density at radius 2 is 1.90 bits per heavy atom. The van der Waals surface area contributed by atoms with E-state index in [0.717, 1.165) is 0 Å².